The van der Waals surface area contributed by atoms with Crippen LogP contribution in [0.2, 0.25) is 5.15 Å². The van der Waals surface area contributed by atoms with E-state index in [0.29, 0.717) is 10.9 Å². The number of hydrogen-bond acceptors (Lipinski definition) is 4. The first-order valence-corrected chi connectivity index (χ1v) is 4.89. The van der Waals surface area contributed by atoms with Gasteiger partial charge >= 0.3 is 5.97 Å². The van der Waals surface area contributed by atoms with Crippen LogP contribution in [0, 0.1) is 0 Å². The topological polar surface area (TPSA) is 39.2 Å². The summed E-state index contributed by atoms with van der Waals surface area (Å²) in [6.07, 6.45) is 0. The van der Waals surface area contributed by atoms with E-state index in [1.807, 2.05) is 6.07 Å². The summed E-state index contributed by atoms with van der Waals surface area (Å²) in [5.74, 6) is 0.201. The fraction of sp³-hybridized carbons (Fsp3) is 0.250. The van der Waals surface area contributed by atoms with Gasteiger partial charge in [0.2, 0.25) is 0 Å². The molecule has 0 saturated heterocycles. The summed E-state index contributed by atoms with van der Waals surface area (Å²) in [7, 11) is 0. The number of carbonyl (C=O) groups is 1. The maximum atomic E-state index is 10.4. The highest BCUT2D eigenvalue weighted by molar-refractivity contribution is 7.94. The molecule has 0 aromatic carbocycles. The van der Waals surface area contributed by atoms with Gasteiger partial charge in [-0.2, -0.15) is 0 Å². The van der Waals surface area contributed by atoms with Crippen LogP contribution < -0.4 is 0 Å². The molecule has 5 heteroatoms. The lowest BCUT2D eigenvalue weighted by Gasteiger charge is -1.99. The predicted octanol–water partition coefficient (Wildman–Crippen LogP) is 2.45. The Labute approximate surface area is 85.7 Å². The van der Waals surface area contributed by atoms with Crippen LogP contribution in [-0.2, 0) is 14.7 Å². The third-order valence-electron chi connectivity index (χ3n) is 1.16. The van der Waals surface area contributed by atoms with Crippen molar-refractivity contribution in [1.29, 1.82) is 0 Å². The second-order valence-electron chi connectivity index (χ2n) is 2.29. The van der Waals surface area contributed by atoms with Crippen molar-refractivity contribution >= 4 is 29.6 Å². The molecule has 1 heterocycles. The fourth-order valence-electron chi connectivity index (χ4n) is 0.704. The minimum absolute atomic E-state index is 0.313. The van der Waals surface area contributed by atoms with Crippen molar-refractivity contribution in [1.82, 2.24) is 4.98 Å². The summed E-state index contributed by atoms with van der Waals surface area (Å²) in [5.41, 5.74) is 0.791. The summed E-state index contributed by atoms with van der Waals surface area (Å²) >= 11 is 6.71. The molecule has 0 N–H and O–H groups in total. The highest BCUT2D eigenvalue weighted by atomic mass is 35.5. The lowest BCUT2D eigenvalue weighted by atomic mass is 10.4. The Bertz CT molecular complexity index is 306. The number of halogens is 1. The molecule has 0 amide bonds. The van der Waals surface area contributed by atoms with Crippen molar-refractivity contribution < 1.29 is 8.98 Å². The Morgan fingerprint density at radius 2 is 2.46 bits per heavy atom. The van der Waals surface area contributed by atoms with Gasteiger partial charge < -0.3 is 4.18 Å². The lowest BCUT2D eigenvalue weighted by Crippen LogP contribution is -1.92. The molecule has 0 aliphatic heterocycles. The Morgan fingerprint density at radius 1 is 1.69 bits per heavy atom. The van der Waals surface area contributed by atoms with Crippen LogP contribution in [-0.4, -0.2) is 11.0 Å². The van der Waals surface area contributed by atoms with Gasteiger partial charge in [0.15, 0.2) is 0 Å². The zero-order valence-electron chi connectivity index (χ0n) is 6.99. The Hall–Kier alpha value is -0.740. The smallest absolute Gasteiger partial charge is 0.314 e. The second-order valence-corrected chi connectivity index (χ2v) is 3.37. The van der Waals surface area contributed by atoms with E-state index in [1.165, 1.54) is 6.92 Å². The SMILES string of the molecule is CC(=O)OSCc1cccc(Cl)n1. The summed E-state index contributed by atoms with van der Waals surface area (Å²) < 4.78 is 4.68. The van der Waals surface area contributed by atoms with Gasteiger partial charge in [0.1, 0.15) is 5.15 Å². The molecule has 1 rings (SSSR count). The summed E-state index contributed by atoms with van der Waals surface area (Å²) in [6.45, 7) is 1.36. The molecule has 3 nitrogen and oxygen atoms in total. The van der Waals surface area contributed by atoms with E-state index in [1.54, 1.807) is 12.1 Å². The van der Waals surface area contributed by atoms with E-state index < -0.39 is 0 Å². The summed E-state index contributed by atoms with van der Waals surface area (Å²) in [4.78, 5) is 14.4. The third kappa shape index (κ3) is 4.15. The van der Waals surface area contributed by atoms with Crippen molar-refractivity contribution in [3.8, 4) is 0 Å². The second kappa shape index (κ2) is 5.09. The highest BCUT2D eigenvalue weighted by Crippen LogP contribution is 2.13. The molecule has 0 aliphatic carbocycles. The van der Waals surface area contributed by atoms with Crippen molar-refractivity contribution in [2.75, 3.05) is 0 Å². The van der Waals surface area contributed by atoms with Gasteiger partial charge in [0, 0.05) is 6.92 Å². The van der Waals surface area contributed by atoms with Crippen LogP contribution in [0.4, 0.5) is 0 Å². The van der Waals surface area contributed by atoms with Crippen LogP contribution in [0.5, 0.6) is 0 Å². The van der Waals surface area contributed by atoms with E-state index in [9.17, 15) is 4.79 Å². The van der Waals surface area contributed by atoms with E-state index in [0.717, 1.165) is 17.7 Å². The molecule has 0 atom stereocenters. The van der Waals surface area contributed by atoms with E-state index in [4.69, 9.17) is 11.6 Å². The summed E-state index contributed by atoms with van der Waals surface area (Å²) in [5, 5.41) is 0.445. The number of rotatable bonds is 3. The average Bonchev–Trinajstić information content (AvgIpc) is 2.03. The molecule has 70 valence electrons. The van der Waals surface area contributed by atoms with Crippen LogP contribution in [0.25, 0.3) is 0 Å². The largest absolute Gasteiger partial charge is 0.391 e. The fourth-order valence-corrected chi connectivity index (χ4v) is 1.39. The molecule has 0 bridgehead atoms. The molecule has 1 aromatic heterocycles. The highest BCUT2D eigenvalue weighted by Gasteiger charge is 1.98. The summed E-state index contributed by atoms with van der Waals surface area (Å²) in [6, 6.07) is 5.32. The Kier molecular flexibility index (Phi) is 4.05. The average molecular weight is 218 g/mol. The lowest BCUT2D eigenvalue weighted by molar-refractivity contribution is -0.130. The van der Waals surface area contributed by atoms with Gasteiger partial charge in [-0.25, -0.2) is 4.98 Å². The standard InChI is InChI=1S/C8H8ClNO2S/c1-6(11)12-13-5-7-3-2-4-8(9)10-7/h2-4H,5H2,1H3. The van der Waals surface area contributed by atoms with Crippen LogP contribution in [0.1, 0.15) is 12.6 Å². The third-order valence-corrected chi connectivity index (χ3v) is 2.13. The minimum Gasteiger partial charge on any atom is -0.391 e. The first-order valence-electron chi connectivity index (χ1n) is 3.60. The van der Waals surface area contributed by atoms with Gasteiger partial charge in [-0.05, 0) is 12.1 Å². The van der Waals surface area contributed by atoms with Crippen molar-refractivity contribution in [2.24, 2.45) is 0 Å². The van der Waals surface area contributed by atoms with Crippen molar-refractivity contribution in [2.45, 2.75) is 12.7 Å². The maximum absolute atomic E-state index is 10.4. The number of aromatic nitrogens is 1. The van der Waals surface area contributed by atoms with Crippen molar-refractivity contribution in [3.05, 3.63) is 29.0 Å². The van der Waals surface area contributed by atoms with Crippen LogP contribution in [0.3, 0.4) is 0 Å². The van der Waals surface area contributed by atoms with Gasteiger partial charge in [-0.3, -0.25) is 4.79 Å². The van der Waals surface area contributed by atoms with Crippen molar-refractivity contribution in [3.63, 3.8) is 0 Å². The molecule has 1 aromatic rings. The number of hydrogen-bond donors (Lipinski definition) is 0. The Balaban J connectivity index is 2.41. The molecule has 0 spiro atoms. The van der Waals surface area contributed by atoms with Gasteiger partial charge in [-0.15, -0.1) is 0 Å². The first kappa shape index (κ1) is 10.3. The molecular formula is C8H8ClNO2S. The normalized spacial score (nSPS) is 9.69. The molecule has 0 unspecified atom stereocenters. The number of carbonyl (C=O) groups excluding carboxylic acids is 1. The van der Waals surface area contributed by atoms with Gasteiger partial charge in [0.05, 0.1) is 23.5 Å². The molecule has 13 heavy (non-hydrogen) atoms. The first-order chi connectivity index (χ1) is 6.18. The molecule has 0 saturated carbocycles. The quantitative estimate of drug-likeness (QED) is 0.576. The minimum atomic E-state index is -0.313. The van der Waals surface area contributed by atoms with Gasteiger partial charge in [-0.1, -0.05) is 17.7 Å². The van der Waals surface area contributed by atoms with Gasteiger partial charge in [0.25, 0.3) is 0 Å². The van der Waals surface area contributed by atoms with E-state index >= 15 is 0 Å². The number of pyridine rings is 1. The van der Waals surface area contributed by atoms with Crippen LogP contribution >= 0.6 is 23.6 Å². The zero-order valence-corrected chi connectivity index (χ0v) is 8.56. The van der Waals surface area contributed by atoms with Crippen LogP contribution in [0.15, 0.2) is 18.2 Å². The Morgan fingerprint density at radius 3 is 3.08 bits per heavy atom. The molecule has 0 fully saturated rings. The monoisotopic (exact) mass is 217 g/mol. The van der Waals surface area contributed by atoms with E-state index in [2.05, 4.69) is 9.17 Å². The molecule has 0 aliphatic rings. The zero-order chi connectivity index (χ0) is 9.68. The van der Waals surface area contributed by atoms with E-state index in [-0.39, 0.29) is 5.97 Å². The molecular weight excluding hydrogens is 210 g/mol. The predicted molar refractivity (Wildman–Crippen MR) is 52.3 cm³/mol. The maximum Gasteiger partial charge on any atom is 0.314 e. The molecule has 0 radical (unpaired) electrons. The number of nitrogens with zero attached hydrogens (tertiary/aromatic N) is 1.